The van der Waals surface area contributed by atoms with Crippen LogP contribution in [0.3, 0.4) is 0 Å². The van der Waals surface area contributed by atoms with Gasteiger partial charge in [-0.3, -0.25) is 9.36 Å². The lowest BCUT2D eigenvalue weighted by Gasteiger charge is -2.20. The Hall–Kier alpha value is -1.84. The molecule has 0 atom stereocenters. The number of nitrogens with zero attached hydrogens (tertiary/aromatic N) is 1. The van der Waals surface area contributed by atoms with Gasteiger partial charge in [-0.1, -0.05) is 26.2 Å². The van der Waals surface area contributed by atoms with E-state index in [4.69, 9.17) is 4.42 Å². The predicted octanol–water partition coefficient (Wildman–Crippen LogP) is 3.77. The van der Waals surface area contributed by atoms with Crippen molar-refractivity contribution >= 4 is 16.9 Å². The van der Waals surface area contributed by atoms with E-state index >= 15 is 0 Å². The molecule has 112 valence electrons. The monoisotopic (exact) mass is 287 g/mol. The van der Waals surface area contributed by atoms with Crippen LogP contribution in [0, 0.1) is 5.92 Å². The number of carbonyl (C=O) groups is 1. The van der Waals surface area contributed by atoms with E-state index in [1.54, 1.807) is 10.6 Å². The maximum Gasteiger partial charge on any atom is 0.419 e. The first-order chi connectivity index (χ1) is 10.2. The minimum atomic E-state index is -0.339. The molecule has 0 saturated heterocycles. The van der Waals surface area contributed by atoms with Gasteiger partial charge in [0, 0.05) is 18.0 Å². The Morgan fingerprint density at radius 1 is 1.29 bits per heavy atom. The third-order valence-corrected chi connectivity index (χ3v) is 4.38. The van der Waals surface area contributed by atoms with Gasteiger partial charge in [0.2, 0.25) is 0 Å². The lowest BCUT2D eigenvalue weighted by molar-refractivity contribution is 0.0889. The highest BCUT2D eigenvalue weighted by Crippen LogP contribution is 2.28. The Balaban J connectivity index is 1.94. The van der Waals surface area contributed by atoms with Crippen LogP contribution in [0.15, 0.2) is 27.4 Å². The SMILES string of the molecule is CCCn1c(=O)oc2cc(C(=O)C3CCCCC3)ccc21. The van der Waals surface area contributed by atoms with Crippen LogP contribution in [0.5, 0.6) is 0 Å². The number of hydrogen-bond acceptors (Lipinski definition) is 3. The Labute approximate surface area is 123 Å². The number of fused-ring (bicyclic) bond motifs is 1. The van der Waals surface area contributed by atoms with E-state index in [9.17, 15) is 9.59 Å². The van der Waals surface area contributed by atoms with E-state index in [0.29, 0.717) is 17.7 Å². The van der Waals surface area contributed by atoms with Gasteiger partial charge in [-0.05, 0) is 37.5 Å². The minimum Gasteiger partial charge on any atom is -0.408 e. The molecule has 1 aliphatic carbocycles. The number of oxazole rings is 1. The normalized spacial score (nSPS) is 16.4. The van der Waals surface area contributed by atoms with E-state index in [2.05, 4.69) is 0 Å². The third-order valence-electron chi connectivity index (χ3n) is 4.38. The summed E-state index contributed by atoms with van der Waals surface area (Å²) in [5.74, 6) is -0.00254. The lowest BCUT2D eigenvalue weighted by Crippen LogP contribution is -2.17. The fourth-order valence-corrected chi connectivity index (χ4v) is 3.26. The van der Waals surface area contributed by atoms with Gasteiger partial charge in [0.1, 0.15) is 0 Å². The second kappa shape index (κ2) is 5.88. The quantitative estimate of drug-likeness (QED) is 0.804. The molecule has 1 aromatic heterocycles. The number of benzene rings is 1. The molecule has 0 amide bonds. The molecule has 2 aromatic rings. The molecule has 1 heterocycles. The molecule has 4 nitrogen and oxygen atoms in total. The summed E-state index contributed by atoms with van der Waals surface area (Å²) >= 11 is 0. The molecule has 4 heteroatoms. The lowest BCUT2D eigenvalue weighted by atomic mass is 9.84. The topological polar surface area (TPSA) is 52.2 Å². The molecule has 0 radical (unpaired) electrons. The molecule has 1 fully saturated rings. The first-order valence-corrected chi connectivity index (χ1v) is 7.88. The summed E-state index contributed by atoms with van der Waals surface area (Å²) < 4.78 is 6.91. The van der Waals surface area contributed by atoms with Crippen LogP contribution >= 0.6 is 0 Å². The zero-order valence-corrected chi connectivity index (χ0v) is 12.4. The van der Waals surface area contributed by atoms with Crippen molar-refractivity contribution in [2.45, 2.75) is 52.0 Å². The van der Waals surface area contributed by atoms with E-state index in [0.717, 1.165) is 37.6 Å². The van der Waals surface area contributed by atoms with Crippen LogP contribution in [-0.2, 0) is 6.54 Å². The van der Waals surface area contributed by atoms with Crippen LogP contribution in [0.4, 0.5) is 0 Å². The molecule has 0 bridgehead atoms. The van der Waals surface area contributed by atoms with Crippen molar-refractivity contribution in [1.29, 1.82) is 0 Å². The number of aryl methyl sites for hydroxylation is 1. The number of rotatable bonds is 4. The standard InChI is InChI=1S/C17H21NO3/c1-2-10-18-14-9-8-13(11-15(14)21-17(18)20)16(19)12-6-4-3-5-7-12/h8-9,11-12H,2-7,10H2,1H3. The van der Waals surface area contributed by atoms with Crippen molar-refractivity contribution in [3.05, 3.63) is 34.3 Å². The smallest absolute Gasteiger partial charge is 0.408 e. The highest BCUT2D eigenvalue weighted by molar-refractivity contribution is 6.00. The average Bonchev–Trinajstić information content (AvgIpc) is 2.83. The van der Waals surface area contributed by atoms with Gasteiger partial charge in [0.15, 0.2) is 11.4 Å². The molecule has 21 heavy (non-hydrogen) atoms. The molecule has 0 aliphatic heterocycles. The van der Waals surface area contributed by atoms with Gasteiger partial charge in [-0.15, -0.1) is 0 Å². The highest BCUT2D eigenvalue weighted by Gasteiger charge is 2.23. The van der Waals surface area contributed by atoms with Gasteiger partial charge in [0.25, 0.3) is 0 Å². The molecule has 0 N–H and O–H groups in total. The number of ketones is 1. The van der Waals surface area contributed by atoms with Gasteiger partial charge in [-0.25, -0.2) is 4.79 Å². The van der Waals surface area contributed by atoms with E-state index in [1.165, 1.54) is 6.42 Å². The zero-order chi connectivity index (χ0) is 14.8. The highest BCUT2D eigenvalue weighted by atomic mass is 16.4. The first-order valence-electron chi connectivity index (χ1n) is 7.88. The molecule has 0 unspecified atom stereocenters. The third kappa shape index (κ3) is 2.67. The second-order valence-corrected chi connectivity index (χ2v) is 5.90. The number of aromatic nitrogens is 1. The summed E-state index contributed by atoms with van der Waals surface area (Å²) in [6.45, 7) is 2.66. The van der Waals surface area contributed by atoms with Crippen molar-refractivity contribution in [1.82, 2.24) is 4.57 Å². The van der Waals surface area contributed by atoms with Gasteiger partial charge < -0.3 is 4.42 Å². The van der Waals surface area contributed by atoms with Crippen molar-refractivity contribution in [3.8, 4) is 0 Å². The largest absolute Gasteiger partial charge is 0.419 e. The maximum absolute atomic E-state index is 12.5. The van der Waals surface area contributed by atoms with Crippen LogP contribution < -0.4 is 5.76 Å². The molecule has 0 spiro atoms. The summed E-state index contributed by atoms with van der Waals surface area (Å²) in [5.41, 5.74) is 1.98. The summed E-state index contributed by atoms with van der Waals surface area (Å²) in [4.78, 5) is 24.4. The van der Waals surface area contributed by atoms with Gasteiger partial charge in [0.05, 0.1) is 5.52 Å². The van der Waals surface area contributed by atoms with E-state index in [1.807, 2.05) is 19.1 Å². The first kappa shape index (κ1) is 14.1. The maximum atomic E-state index is 12.5. The predicted molar refractivity (Wildman–Crippen MR) is 81.7 cm³/mol. The minimum absolute atomic E-state index is 0.139. The second-order valence-electron chi connectivity index (χ2n) is 5.90. The van der Waals surface area contributed by atoms with E-state index in [-0.39, 0.29) is 17.5 Å². The Kier molecular flexibility index (Phi) is 3.95. The Bertz CT molecular complexity index is 704. The van der Waals surface area contributed by atoms with Crippen LogP contribution in [0.1, 0.15) is 55.8 Å². The Morgan fingerprint density at radius 2 is 2.05 bits per heavy atom. The van der Waals surface area contributed by atoms with Crippen LogP contribution in [0.25, 0.3) is 11.1 Å². The van der Waals surface area contributed by atoms with Gasteiger partial charge in [-0.2, -0.15) is 0 Å². The number of Topliss-reactive ketones (excluding diaryl/α,β-unsaturated/α-hetero) is 1. The van der Waals surface area contributed by atoms with Gasteiger partial charge >= 0.3 is 5.76 Å². The van der Waals surface area contributed by atoms with Crippen molar-refractivity contribution in [3.63, 3.8) is 0 Å². The number of carbonyl (C=O) groups excluding carboxylic acids is 1. The molecule has 1 aromatic carbocycles. The summed E-state index contributed by atoms with van der Waals surface area (Å²) in [7, 11) is 0. The fourth-order valence-electron chi connectivity index (χ4n) is 3.26. The van der Waals surface area contributed by atoms with E-state index < -0.39 is 0 Å². The molecular weight excluding hydrogens is 266 g/mol. The van der Waals surface area contributed by atoms with Crippen LogP contribution in [-0.4, -0.2) is 10.4 Å². The van der Waals surface area contributed by atoms with Crippen LogP contribution in [0.2, 0.25) is 0 Å². The average molecular weight is 287 g/mol. The summed E-state index contributed by atoms with van der Waals surface area (Å²) in [6.07, 6.45) is 6.35. The molecule has 3 rings (SSSR count). The number of hydrogen-bond donors (Lipinski definition) is 0. The zero-order valence-electron chi connectivity index (χ0n) is 12.4. The Morgan fingerprint density at radius 3 is 2.76 bits per heavy atom. The molecular formula is C17H21NO3. The summed E-state index contributed by atoms with van der Waals surface area (Å²) in [6, 6.07) is 5.41. The van der Waals surface area contributed by atoms with Crippen molar-refractivity contribution in [2.75, 3.05) is 0 Å². The fraction of sp³-hybridized carbons (Fsp3) is 0.529. The van der Waals surface area contributed by atoms with Crippen molar-refractivity contribution in [2.24, 2.45) is 5.92 Å². The summed E-state index contributed by atoms with van der Waals surface area (Å²) in [5, 5.41) is 0. The van der Waals surface area contributed by atoms with Crippen molar-refractivity contribution < 1.29 is 9.21 Å². The molecule has 1 aliphatic rings. The molecule has 1 saturated carbocycles.